The van der Waals surface area contributed by atoms with Crippen LogP contribution in [-0.2, 0) is 33.9 Å². The van der Waals surface area contributed by atoms with Crippen LogP contribution in [0.15, 0.2) is 89.8 Å². The van der Waals surface area contributed by atoms with Crippen LogP contribution in [0.4, 0.5) is 4.79 Å². The van der Waals surface area contributed by atoms with Crippen molar-refractivity contribution in [2.75, 3.05) is 6.26 Å². The van der Waals surface area contributed by atoms with E-state index < -0.39 is 18.1 Å². The number of ether oxygens (including phenoxy) is 2. The normalized spacial score (nSPS) is 11.4. The van der Waals surface area contributed by atoms with E-state index in [1.165, 1.54) is 0 Å². The third kappa shape index (κ3) is 7.50. The maximum absolute atomic E-state index is 12.8. The second kappa shape index (κ2) is 11.8. The summed E-state index contributed by atoms with van der Waals surface area (Å²) in [7, 11) is 0. The fourth-order valence-electron chi connectivity index (χ4n) is 2.93. The Morgan fingerprint density at radius 2 is 1.32 bits per heavy atom. The summed E-state index contributed by atoms with van der Waals surface area (Å²) < 4.78 is 10.8. The smallest absolute Gasteiger partial charge is 0.408 e. The molecule has 0 unspecified atom stereocenters. The summed E-state index contributed by atoms with van der Waals surface area (Å²) in [5, 5.41) is 2.65. The Morgan fingerprint density at radius 3 is 1.94 bits per heavy atom. The number of rotatable bonds is 9. The highest BCUT2D eigenvalue weighted by Crippen LogP contribution is 2.15. The number of carbonyl (C=O) groups excluding carboxylic acids is 2. The molecule has 0 saturated carbocycles. The van der Waals surface area contributed by atoms with Crippen LogP contribution in [0.25, 0.3) is 0 Å². The largest absolute Gasteiger partial charge is 0.459 e. The number of alkyl carbamates (subject to hydrolysis) is 1. The van der Waals surface area contributed by atoms with Crippen molar-refractivity contribution in [3.05, 3.63) is 102 Å². The third-order valence-corrected chi connectivity index (χ3v) is 5.36. The van der Waals surface area contributed by atoms with Gasteiger partial charge in [0.1, 0.15) is 19.3 Å². The van der Waals surface area contributed by atoms with Gasteiger partial charge in [0, 0.05) is 11.3 Å². The Labute approximate surface area is 186 Å². The maximum atomic E-state index is 12.8. The van der Waals surface area contributed by atoms with Crippen LogP contribution >= 0.6 is 11.8 Å². The predicted molar refractivity (Wildman–Crippen MR) is 122 cm³/mol. The SMILES string of the molecule is CSc1ccc(COC(=O)[C@H](Cc2ccccc2)NC(=O)OCc2ccccc2)cc1. The minimum Gasteiger partial charge on any atom is -0.459 e. The van der Waals surface area contributed by atoms with E-state index in [0.29, 0.717) is 6.42 Å². The number of hydrogen-bond donors (Lipinski definition) is 1. The van der Waals surface area contributed by atoms with Gasteiger partial charge in [-0.25, -0.2) is 9.59 Å². The van der Waals surface area contributed by atoms with Crippen LogP contribution in [0.5, 0.6) is 0 Å². The molecule has 0 fully saturated rings. The lowest BCUT2D eigenvalue weighted by molar-refractivity contribution is -0.147. The van der Waals surface area contributed by atoms with Crippen LogP contribution in [0.2, 0.25) is 0 Å². The summed E-state index contributed by atoms with van der Waals surface area (Å²) in [5.41, 5.74) is 2.67. The second-order valence-electron chi connectivity index (χ2n) is 6.90. The van der Waals surface area contributed by atoms with Crippen molar-refractivity contribution >= 4 is 23.8 Å². The zero-order chi connectivity index (χ0) is 21.9. The minimum absolute atomic E-state index is 0.127. The zero-order valence-electron chi connectivity index (χ0n) is 17.3. The van der Waals surface area contributed by atoms with Crippen LogP contribution < -0.4 is 5.32 Å². The molecule has 1 N–H and O–H groups in total. The molecule has 0 aromatic heterocycles. The monoisotopic (exact) mass is 435 g/mol. The van der Waals surface area contributed by atoms with Gasteiger partial charge in [0.2, 0.25) is 0 Å². The first-order chi connectivity index (χ1) is 15.1. The highest BCUT2D eigenvalue weighted by atomic mass is 32.2. The van der Waals surface area contributed by atoms with Crippen LogP contribution in [-0.4, -0.2) is 24.4 Å². The number of hydrogen-bond acceptors (Lipinski definition) is 5. The topological polar surface area (TPSA) is 64.6 Å². The van der Waals surface area contributed by atoms with E-state index in [1.807, 2.05) is 91.2 Å². The van der Waals surface area contributed by atoms with Crippen molar-refractivity contribution < 1.29 is 19.1 Å². The van der Waals surface area contributed by atoms with Gasteiger partial charge in [-0.3, -0.25) is 0 Å². The Kier molecular flexibility index (Phi) is 8.55. The Morgan fingerprint density at radius 1 is 0.774 bits per heavy atom. The Balaban J connectivity index is 1.60. The number of benzene rings is 3. The van der Waals surface area contributed by atoms with Gasteiger partial charge in [-0.2, -0.15) is 0 Å². The van der Waals surface area contributed by atoms with Gasteiger partial charge in [0.25, 0.3) is 0 Å². The van der Waals surface area contributed by atoms with Gasteiger partial charge >= 0.3 is 12.1 Å². The molecule has 0 aliphatic carbocycles. The van der Waals surface area contributed by atoms with Crippen molar-refractivity contribution in [2.45, 2.75) is 30.6 Å². The van der Waals surface area contributed by atoms with E-state index >= 15 is 0 Å². The average Bonchev–Trinajstić information content (AvgIpc) is 2.82. The number of nitrogens with one attached hydrogen (secondary N) is 1. The third-order valence-electron chi connectivity index (χ3n) is 4.61. The molecular weight excluding hydrogens is 410 g/mol. The molecular formula is C25H25NO4S. The molecule has 1 atom stereocenters. The number of amides is 1. The van der Waals surface area contributed by atoms with E-state index in [1.54, 1.807) is 11.8 Å². The van der Waals surface area contributed by atoms with Crippen molar-refractivity contribution in [1.82, 2.24) is 5.32 Å². The van der Waals surface area contributed by atoms with Gasteiger partial charge in [0.15, 0.2) is 0 Å². The molecule has 160 valence electrons. The van der Waals surface area contributed by atoms with Crippen molar-refractivity contribution in [2.24, 2.45) is 0 Å². The van der Waals surface area contributed by atoms with Gasteiger partial charge in [0.05, 0.1) is 0 Å². The summed E-state index contributed by atoms with van der Waals surface area (Å²) in [6.07, 6.45) is 1.66. The van der Waals surface area contributed by atoms with Gasteiger partial charge < -0.3 is 14.8 Å². The summed E-state index contributed by atoms with van der Waals surface area (Å²) in [5.74, 6) is -0.505. The van der Waals surface area contributed by atoms with E-state index in [9.17, 15) is 9.59 Å². The lowest BCUT2D eigenvalue weighted by atomic mass is 10.1. The molecule has 0 aliphatic rings. The molecule has 3 aromatic carbocycles. The molecule has 0 saturated heterocycles. The van der Waals surface area contributed by atoms with Crippen molar-refractivity contribution in [1.29, 1.82) is 0 Å². The molecule has 0 spiro atoms. The molecule has 0 heterocycles. The second-order valence-corrected chi connectivity index (χ2v) is 7.78. The summed E-state index contributed by atoms with van der Waals surface area (Å²) >= 11 is 1.65. The molecule has 31 heavy (non-hydrogen) atoms. The number of carbonyl (C=O) groups is 2. The van der Waals surface area contributed by atoms with E-state index in [0.717, 1.165) is 21.6 Å². The standard InChI is InChI=1S/C25H25NO4S/c1-31-22-14-12-21(13-15-22)17-29-24(27)23(16-19-8-4-2-5-9-19)26-25(28)30-18-20-10-6-3-7-11-20/h2-15,23H,16-18H2,1H3,(H,26,28)/t23-/m0/s1. The summed E-state index contributed by atoms with van der Waals surface area (Å²) in [6.45, 7) is 0.265. The molecule has 3 aromatic rings. The van der Waals surface area contributed by atoms with Gasteiger partial charge in [-0.15, -0.1) is 11.8 Å². The summed E-state index contributed by atoms with van der Waals surface area (Å²) in [6, 6.07) is 25.8. The molecule has 0 aliphatic heterocycles. The zero-order valence-corrected chi connectivity index (χ0v) is 18.1. The summed E-state index contributed by atoms with van der Waals surface area (Å²) in [4.78, 5) is 26.2. The predicted octanol–water partition coefficient (Wildman–Crippen LogP) is 4.99. The average molecular weight is 436 g/mol. The Bertz CT molecular complexity index is 962. The van der Waals surface area contributed by atoms with Gasteiger partial charge in [-0.1, -0.05) is 72.8 Å². The quantitative estimate of drug-likeness (QED) is 0.379. The van der Waals surface area contributed by atoms with E-state index in [4.69, 9.17) is 9.47 Å². The van der Waals surface area contributed by atoms with Crippen LogP contribution in [0.1, 0.15) is 16.7 Å². The van der Waals surface area contributed by atoms with Gasteiger partial charge in [-0.05, 0) is 35.1 Å². The fourth-order valence-corrected chi connectivity index (χ4v) is 3.34. The number of esters is 1. The maximum Gasteiger partial charge on any atom is 0.408 e. The molecule has 1 amide bonds. The Hall–Kier alpha value is -3.25. The highest BCUT2D eigenvalue weighted by molar-refractivity contribution is 7.98. The van der Waals surface area contributed by atoms with E-state index in [-0.39, 0.29) is 13.2 Å². The molecule has 0 radical (unpaired) electrons. The van der Waals surface area contributed by atoms with Crippen molar-refractivity contribution in [3.63, 3.8) is 0 Å². The lowest BCUT2D eigenvalue weighted by Crippen LogP contribution is -2.43. The highest BCUT2D eigenvalue weighted by Gasteiger charge is 2.23. The first-order valence-corrected chi connectivity index (χ1v) is 11.2. The van der Waals surface area contributed by atoms with Crippen molar-refractivity contribution in [3.8, 4) is 0 Å². The molecule has 3 rings (SSSR count). The minimum atomic E-state index is -0.851. The molecule has 0 bridgehead atoms. The number of thioether (sulfide) groups is 1. The van der Waals surface area contributed by atoms with Crippen LogP contribution in [0, 0.1) is 0 Å². The first kappa shape index (κ1) is 22.4. The lowest BCUT2D eigenvalue weighted by Gasteiger charge is -2.18. The van der Waals surface area contributed by atoms with Crippen LogP contribution in [0.3, 0.4) is 0 Å². The fraction of sp³-hybridized carbons (Fsp3) is 0.200. The first-order valence-electron chi connectivity index (χ1n) is 9.95. The molecule has 5 nitrogen and oxygen atoms in total. The van der Waals surface area contributed by atoms with E-state index in [2.05, 4.69) is 5.32 Å². The molecule has 6 heteroatoms.